The third-order valence-corrected chi connectivity index (χ3v) is 8.09. The molecule has 1 unspecified atom stereocenters. The maximum absolute atomic E-state index is 14.4. The Bertz CT molecular complexity index is 1400. The lowest BCUT2D eigenvalue weighted by molar-refractivity contribution is 0.0947. The Morgan fingerprint density at radius 3 is 2.58 bits per heavy atom. The first kappa shape index (κ1) is 23.2. The number of hydrogen-bond acceptors (Lipinski definition) is 4. The lowest BCUT2D eigenvalue weighted by Gasteiger charge is -2.19. The summed E-state index contributed by atoms with van der Waals surface area (Å²) in [6, 6.07) is 12.1. The van der Waals surface area contributed by atoms with Crippen molar-refractivity contribution in [3.05, 3.63) is 88.1 Å². The smallest absolute Gasteiger partial charge is 0.268 e. The summed E-state index contributed by atoms with van der Waals surface area (Å²) in [6.45, 7) is 3.74. The minimum absolute atomic E-state index is 0.0659. The van der Waals surface area contributed by atoms with E-state index in [1.807, 2.05) is 19.9 Å². The number of pyridine rings is 1. The van der Waals surface area contributed by atoms with E-state index in [0.717, 1.165) is 17.3 Å². The van der Waals surface area contributed by atoms with Gasteiger partial charge in [0.2, 0.25) is 0 Å². The van der Waals surface area contributed by atoms with Gasteiger partial charge in [0, 0.05) is 46.6 Å². The van der Waals surface area contributed by atoms with Crippen molar-refractivity contribution in [2.45, 2.75) is 20.4 Å². The number of hydrogen-bond donors (Lipinski definition) is 2. The Morgan fingerprint density at radius 1 is 1.18 bits per heavy atom. The first-order valence-corrected chi connectivity index (χ1v) is 12.2. The van der Waals surface area contributed by atoms with Gasteiger partial charge in [0.05, 0.1) is 11.5 Å². The molecule has 2 N–H and O–H groups in total. The van der Waals surface area contributed by atoms with Gasteiger partial charge in [0.25, 0.3) is 13.3 Å². The average Bonchev–Trinajstić information content (AvgIpc) is 3.16. The van der Waals surface area contributed by atoms with Crippen molar-refractivity contribution in [2.24, 2.45) is 0 Å². The van der Waals surface area contributed by atoms with Gasteiger partial charge in [0.15, 0.2) is 0 Å². The zero-order valence-electron chi connectivity index (χ0n) is 18.3. The second kappa shape index (κ2) is 9.10. The van der Waals surface area contributed by atoms with Gasteiger partial charge in [-0.1, -0.05) is 28.8 Å². The van der Waals surface area contributed by atoms with Gasteiger partial charge in [0.1, 0.15) is 11.5 Å². The monoisotopic (exact) mass is 485 g/mol. The van der Waals surface area contributed by atoms with E-state index in [9.17, 15) is 13.8 Å². The fourth-order valence-electron chi connectivity index (χ4n) is 3.88. The van der Waals surface area contributed by atoms with E-state index in [2.05, 4.69) is 15.3 Å². The number of aromatic nitrogens is 2. The molecule has 2 aromatic carbocycles. The highest BCUT2D eigenvalue weighted by molar-refractivity contribution is 7.75. The Morgan fingerprint density at radius 2 is 1.91 bits per heavy atom. The largest absolute Gasteiger partial charge is 0.350 e. The minimum Gasteiger partial charge on any atom is -0.350 e. The maximum atomic E-state index is 14.4. The number of rotatable bonds is 6. The number of nitrogens with zero attached hydrogens (tertiary/aromatic N) is 1. The Labute approximate surface area is 195 Å². The van der Waals surface area contributed by atoms with Crippen LogP contribution in [0.2, 0.25) is 5.02 Å². The summed E-state index contributed by atoms with van der Waals surface area (Å²) in [5.74, 6) is -1.07. The van der Waals surface area contributed by atoms with Gasteiger partial charge in [-0.05, 0) is 50.2 Å². The number of carbonyl (C=O) groups is 1. The number of benzene rings is 2. The van der Waals surface area contributed by atoms with Gasteiger partial charge in [-0.15, -0.1) is 0 Å². The van der Waals surface area contributed by atoms with Crippen LogP contribution in [0, 0.1) is 19.7 Å². The van der Waals surface area contributed by atoms with Crippen molar-refractivity contribution in [3.63, 3.8) is 0 Å². The zero-order chi connectivity index (χ0) is 23.8. The Balaban J connectivity index is 1.86. The van der Waals surface area contributed by atoms with Gasteiger partial charge >= 0.3 is 0 Å². The number of fused-ring (bicyclic) bond motifs is 1. The number of aryl methyl sites for hydroxylation is 2. The molecular weight excluding hydrogens is 464 g/mol. The number of aromatic amines is 1. The Hall–Kier alpha value is -2.99. The molecule has 4 rings (SSSR count). The predicted octanol–water partition coefficient (Wildman–Crippen LogP) is 4.78. The molecule has 2 heterocycles. The molecule has 0 radical (unpaired) electrons. The minimum atomic E-state index is -3.71. The van der Waals surface area contributed by atoms with Crippen molar-refractivity contribution < 1.29 is 18.3 Å². The van der Waals surface area contributed by atoms with Gasteiger partial charge < -0.3 is 14.8 Å². The van der Waals surface area contributed by atoms with Crippen LogP contribution in [0.5, 0.6) is 0 Å². The molecule has 0 bridgehead atoms. The van der Waals surface area contributed by atoms with Crippen LogP contribution in [0.1, 0.15) is 27.2 Å². The van der Waals surface area contributed by atoms with Crippen molar-refractivity contribution in [1.82, 2.24) is 15.3 Å². The maximum Gasteiger partial charge on any atom is 0.268 e. The molecule has 0 aliphatic heterocycles. The standard InChI is InChI=1S/C24H22ClFN3O3P/c1-14-8-15(2)10-18(9-14)33(31,32-3)23-19-11-17(25)4-5-21(19)29-22(23)24(30)28-12-16-6-7-27-13-20(16)26/h4-11,13,29H,12H2,1-3H3,(H,28,30). The Kier molecular flexibility index (Phi) is 6.39. The molecule has 0 spiro atoms. The van der Waals surface area contributed by atoms with E-state index >= 15 is 0 Å². The van der Waals surface area contributed by atoms with Crippen LogP contribution >= 0.6 is 19.0 Å². The summed E-state index contributed by atoms with van der Waals surface area (Å²) in [5, 5.41) is 4.34. The number of amides is 1. The molecule has 1 atom stereocenters. The molecule has 2 aromatic heterocycles. The molecular formula is C24H22ClFN3O3P. The fraction of sp³-hybridized carbons (Fsp3) is 0.167. The quantitative estimate of drug-likeness (QED) is 0.385. The molecule has 9 heteroatoms. The third-order valence-electron chi connectivity index (χ3n) is 5.35. The number of carbonyl (C=O) groups excluding carboxylic acids is 1. The number of halogens is 2. The molecule has 4 aromatic rings. The zero-order valence-corrected chi connectivity index (χ0v) is 19.9. The van der Waals surface area contributed by atoms with E-state index in [1.165, 1.54) is 19.4 Å². The van der Waals surface area contributed by atoms with Gasteiger partial charge in [-0.25, -0.2) is 4.39 Å². The van der Waals surface area contributed by atoms with Crippen LogP contribution in [0.3, 0.4) is 0 Å². The molecule has 0 saturated carbocycles. The van der Waals surface area contributed by atoms with Crippen LogP contribution in [0.4, 0.5) is 4.39 Å². The summed E-state index contributed by atoms with van der Waals surface area (Å²) in [7, 11) is -2.35. The van der Waals surface area contributed by atoms with Crippen molar-refractivity contribution >= 4 is 46.4 Å². The highest BCUT2D eigenvalue weighted by atomic mass is 35.5. The molecule has 0 fully saturated rings. The lowest BCUT2D eigenvalue weighted by atomic mass is 10.2. The summed E-state index contributed by atoms with van der Waals surface area (Å²) >= 11 is 6.24. The van der Waals surface area contributed by atoms with Crippen LogP contribution in [0.25, 0.3) is 10.9 Å². The van der Waals surface area contributed by atoms with E-state index in [-0.39, 0.29) is 23.1 Å². The van der Waals surface area contributed by atoms with Crippen molar-refractivity contribution in [2.75, 3.05) is 7.11 Å². The lowest BCUT2D eigenvalue weighted by Crippen LogP contribution is -2.30. The van der Waals surface area contributed by atoms with Crippen molar-refractivity contribution in [3.8, 4) is 0 Å². The molecule has 6 nitrogen and oxygen atoms in total. The SMILES string of the molecule is COP(=O)(c1cc(C)cc(C)c1)c1c(C(=O)NCc2ccncc2F)[nH]c2ccc(Cl)cc12. The summed E-state index contributed by atoms with van der Waals surface area (Å²) in [6.07, 6.45) is 2.52. The fourth-order valence-corrected chi connectivity index (χ4v) is 6.40. The van der Waals surface area contributed by atoms with Crippen molar-refractivity contribution in [1.29, 1.82) is 0 Å². The number of H-pyrrole nitrogens is 1. The highest BCUT2D eigenvalue weighted by Crippen LogP contribution is 2.47. The molecule has 0 aliphatic rings. The predicted molar refractivity (Wildman–Crippen MR) is 128 cm³/mol. The summed E-state index contributed by atoms with van der Waals surface area (Å²) in [4.78, 5) is 20.0. The molecule has 0 aliphatic carbocycles. The van der Waals surface area contributed by atoms with E-state index in [1.54, 1.807) is 30.3 Å². The van der Waals surface area contributed by atoms with Crippen LogP contribution in [-0.2, 0) is 15.6 Å². The van der Waals surface area contributed by atoms with Gasteiger partial charge in [-0.2, -0.15) is 0 Å². The van der Waals surface area contributed by atoms with Crippen LogP contribution in [-0.4, -0.2) is 23.0 Å². The normalized spacial score (nSPS) is 13.1. The number of nitrogens with one attached hydrogen (secondary N) is 2. The van der Waals surface area contributed by atoms with E-state index in [4.69, 9.17) is 16.1 Å². The topological polar surface area (TPSA) is 84.1 Å². The first-order chi connectivity index (χ1) is 15.7. The molecule has 170 valence electrons. The summed E-state index contributed by atoms with van der Waals surface area (Å²) < 4.78 is 34.0. The van der Waals surface area contributed by atoms with Gasteiger partial charge in [-0.3, -0.25) is 14.3 Å². The average molecular weight is 486 g/mol. The van der Waals surface area contributed by atoms with Crippen LogP contribution < -0.4 is 15.9 Å². The summed E-state index contributed by atoms with van der Waals surface area (Å²) in [5.41, 5.74) is 2.77. The molecule has 0 saturated heterocycles. The van der Waals surface area contributed by atoms with E-state index in [0.29, 0.717) is 21.2 Å². The molecule has 1 amide bonds. The molecule has 33 heavy (non-hydrogen) atoms. The third kappa shape index (κ3) is 4.44. The highest BCUT2D eigenvalue weighted by Gasteiger charge is 2.36. The van der Waals surface area contributed by atoms with E-state index < -0.39 is 19.1 Å². The van der Waals surface area contributed by atoms with Crippen LogP contribution in [0.15, 0.2) is 54.9 Å². The second-order valence-electron chi connectivity index (χ2n) is 7.77. The second-order valence-corrected chi connectivity index (χ2v) is 10.6. The first-order valence-electron chi connectivity index (χ1n) is 10.2.